The van der Waals surface area contributed by atoms with Crippen LogP contribution in [0.2, 0.25) is 0 Å². The zero-order valence-electron chi connectivity index (χ0n) is 10.2. The maximum atomic E-state index is 12.0. The van der Waals surface area contributed by atoms with Gasteiger partial charge in [-0.25, -0.2) is 13.4 Å². The van der Waals surface area contributed by atoms with E-state index in [0.29, 0.717) is 11.3 Å². The van der Waals surface area contributed by atoms with Gasteiger partial charge in [0, 0.05) is 18.0 Å². The summed E-state index contributed by atoms with van der Waals surface area (Å²) in [6.45, 7) is 1.53. The number of pyridine rings is 2. The fourth-order valence-corrected chi connectivity index (χ4v) is 2.61. The lowest BCUT2D eigenvalue weighted by molar-refractivity contribution is 0.596. The van der Waals surface area contributed by atoms with Gasteiger partial charge in [0.05, 0.1) is 11.4 Å². The second-order valence-corrected chi connectivity index (χ2v) is 6.05. The molecule has 0 radical (unpaired) electrons. The lowest BCUT2D eigenvalue weighted by Gasteiger charge is -2.06. The van der Waals surface area contributed by atoms with Crippen molar-refractivity contribution in [3.05, 3.63) is 42.4 Å². The highest BCUT2D eigenvalue weighted by Gasteiger charge is 2.19. The molecule has 0 spiro atoms. The lowest BCUT2D eigenvalue weighted by Crippen LogP contribution is -2.07. The summed E-state index contributed by atoms with van der Waals surface area (Å²) in [7, 11) is -3.48. The van der Waals surface area contributed by atoms with Crippen molar-refractivity contribution in [3.8, 4) is 17.3 Å². The van der Waals surface area contributed by atoms with Gasteiger partial charge >= 0.3 is 0 Å². The number of hydrogen-bond donors (Lipinski definition) is 0. The molecule has 0 amide bonds. The SMILES string of the molecule is CCS(=O)(=O)c1cc(-c2ccccn2)cnc1C#N. The molecule has 0 fully saturated rings. The molecule has 0 aromatic carbocycles. The van der Waals surface area contributed by atoms with Crippen molar-refractivity contribution in [1.29, 1.82) is 5.26 Å². The highest BCUT2D eigenvalue weighted by atomic mass is 32.2. The second kappa shape index (κ2) is 5.16. The number of hydrogen-bond acceptors (Lipinski definition) is 5. The average molecular weight is 273 g/mol. The molecule has 2 aromatic rings. The van der Waals surface area contributed by atoms with Crippen LogP contribution in [0.5, 0.6) is 0 Å². The summed E-state index contributed by atoms with van der Waals surface area (Å²) in [5, 5.41) is 8.95. The summed E-state index contributed by atoms with van der Waals surface area (Å²) < 4.78 is 23.9. The summed E-state index contributed by atoms with van der Waals surface area (Å²) in [6, 6.07) is 8.58. The van der Waals surface area contributed by atoms with E-state index < -0.39 is 9.84 Å². The smallest absolute Gasteiger partial charge is 0.181 e. The van der Waals surface area contributed by atoms with Gasteiger partial charge in [-0.2, -0.15) is 5.26 Å². The predicted octanol–water partition coefficient (Wildman–Crippen LogP) is 1.81. The molecule has 0 aliphatic rings. The molecule has 2 rings (SSSR count). The van der Waals surface area contributed by atoms with Crippen molar-refractivity contribution < 1.29 is 8.42 Å². The Hall–Kier alpha value is -2.26. The Kier molecular flexibility index (Phi) is 3.58. The first-order chi connectivity index (χ1) is 9.08. The van der Waals surface area contributed by atoms with Crippen molar-refractivity contribution >= 4 is 9.84 Å². The number of sulfone groups is 1. The summed E-state index contributed by atoms with van der Waals surface area (Å²) in [5.74, 6) is -0.0744. The molecule has 0 aliphatic carbocycles. The Morgan fingerprint density at radius 1 is 1.32 bits per heavy atom. The summed E-state index contributed by atoms with van der Waals surface area (Å²) in [6.07, 6.45) is 3.07. The van der Waals surface area contributed by atoms with Gasteiger partial charge in [0.25, 0.3) is 0 Å². The first kappa shape index (κ1) is 13.2. The highest BCUT2D eigenvalue weighted by Crippen LogP contribution is 2.22. The Labute approximate surface area is 111 Å². The average Bonchev–Trinajstić information content (AvgIpc) is 2.47. The summed E-state index contributed by atoms with van der Waals surface area (Å²) in [4.78, 5) is 8.00. The van der Waals surface area contributed by atoms with Crippen molar-refractivity contribution in [2.45, 2.75) is 11.8 Å². The van der Waals surface area contributed by atoms with E-state index in [1.54, 1.807) is 30.5 Å². The zero-order valence-corrected chi connectivity index (χ0v) is 11.1. The van der Waals surface area contributed by atoms with E-state index in [9.17, 15) is 8.42 Å². The van der Waals surface area contributed by atoms with Crippen LogP contribution in [0.3, 0.4) is 0 Å². The van der Waals surface area contributed by atoms with Crippen LogP contribution in [0, 0.1) is 11.3 Å². The maximum absolute atomic E-state index is 12.0. The third-order valence-corrected chi connectivity index (χ3v) is 4.38. The van der Waals surface area contributed by atoms with Crippen molar-refractivity contribution in [3.63, 3.8) is 0 Å². The van der Waals surface area contributed by atoms with E-state index in [-0.39, 0.29) is 16.3 Å². The number of aromatic nitrogens is 2. The van der Waals surface area contributed by atoms with Crippen LogP contribution < -0.4 is 0 Å². The standard InChI is InChI=1S/C13H11N3O2S/c1-2-19(17,18)13-7-10(9-16-12(13)8-14)11-5-3-4-6-15-11/h3-7,9H,2H2,1H3. The molecule has 5 nitrogen and oxygen atoms in total. The normalized spacial score (nSPS) is 10.9. The molecule has 0 N–H and O–H groups in total. The largest absolute Gasteiger partial charge is 0.256 e. The van der Waals surface area contributed by atoms with Gasteiger partial charge in [-0.15, -0.1) is 0 Å². The summed E-state index contributed by atoms with van der Waals surface area (Å²) in [5.41, 5.74) is 1.11. The van der Waals surface area contributed by atoms with Crippen molar-refractivity contribution in [2.24, 2.45) is 0 Å². The molecule has 19 heavy (non-hydrogen) atoms. The first-order valence-corrected chi connectivity index (χ1v) is 7.28. The van der Waals surface area contributed by atoms with Crippen LogP contribution in [0.25, 0.3) is 11.3 Å². The molecule has 96 valence electrons. The maximum Gasteiger partial charge on any atom is 0.181 e. The van der Waals surface area contributed by atoms with Crippen LogP contribution in [0.1, 0.15) is 12.6 Å². The van der Waals surface area contributed by atoms with Gasteiger partial charge < -0.3 is 0 Å². The quantitative estimate of drug-likeness (QED) is 0.851. The number of rotatable bonds is 3. The topological polar surface area (TPSA) is 83.7 Å². The second-order valence-electron chi connectivity index (χ2n) is 3.80. The van der Waals surface area contributed by atoms with Crippen LogP contribution in [0.4, 0.5) is 0 Å². The van der Waals surface area contributed by atoms with E-state index in [0.717, 1.165) is 0 Å². The van der Waals surface area contributed by atoms with E-state index in [1.165, 1.54) is 19.2 Å². The van der Waals surface area contributed by atoms with Crippen LogP contribution in [0.15, 0.2) is 41.6 Å². The fraction of sp³-hybridized carbons (Fsp3) is 0.154. The third kappa shape index (κ3) is 2.61. The van der Waals surface area contributed by atoms with Gasteiger partial charge in [-0.05, 0) is 18.2 Å². The molecule has 0 unspecified atom stereocenters. The number of nitriles is 1. The molecular formula is C13H11N3O2S. The summed E-state index contributed by atoms with van der Waals surface area (Å²) >= 11 is 0. The Balaban J connectivity index is 2.65. The van der Waals surface area contributed by atoms with Gasteiger partial charge in [0.2, 0.25) is 0 Å². The lowest BCUT2D eigenvalue weighted by atomic mass is 10.2. The highest BCUT2D eigenvalue weighted by molar-refractivity contribution is 7.91. The van der Waals surface area contributed by atoms with Crippen LogP contribution in [-0.4, -0.2) is 24.1 Å². The minimum Gasteiger partial charge on any atom is -0.256 e. The van der Waals surface area contributed by atoms with Crippen LogP contribution >= 0.6 is 0 Å². The minimum absolute atomic E-state index is 0.0411. The van der Waals surface area contributed by atoms with Gasteiger partial charge in [-0.3, -0.25) is 4.98 Å². The predicted molar refractivity (Wildman–Crippen MR) is 69.9 cm³/mol. The third-order valence-electron chi connectivity index (χ3n) is 2.63. The fourth-order valence-electron chi connectivity index (χ4n) is 1.59. The zero-order chi connectivity index (χ0) is 13.9. The molecular weight excluding hydrogens is 262 g/mol. The van der Waals surface area contributed by atoms with Gasteiger partial charge in [0.1, 0.15) is 11.0 Å². The molecule has 0 saturated heterocycles. The van der Waals surface area contributed by atoms with Crippen LogP contribution in [-0.2, 0) is 9.84 Å². The molecule has 0 aliphatic heterocycles. The molecule has 0 saturated carbocycles. The molecule has 6 heteroatoms. The minimum atomic E-state index is -3.48. The van der Waals surface area contributed by atoms with E-state index >= 15 is 0 Å². The monoisotopic (exact) mass is 273 g/mol. The molecule has 0 bridgehead atoms. The van der Waals surface area contributed by atoms with Gasteiger partial charge in [-0.1, -0.05) is 13.0 Å². The van der Waals surface area contributed by atoms with Crippen molar-refractivity contribution in [1.82, 2.24) is 9.97 Å². The Morgan fingerprint density at radius 2 is 2.11 bits per heavy atom. The first-order valence-electron chi connectivity index (χ1n) is 5.63. The molecule has 0 atom stereocenters. The van der Waals surface area contributed by atoms with Crippen molar-refractivity contribution in [2.75, 3.05) is 5.75 Å². The van der Waals surface area contributed by atoms with Gasteiger partial charge in [0.15, 0.2) is 15.5 Å². The molecule has 2 heterocycles. The van der Waals surface area contributed by atoms with E-state index in [4.69, 9.17) is 5.26 Å². The van der Waals surface area contributed by atoms with E-state index in [2.05, 4.69) is 9.97 Å². The number of nitrogens with zero attached hydrogens (tertiary/aromatic N) is 3. The van der Waals surface area contributed by atoms with E-state index in [1.807, 2.05) is 0 Å². The Morgan fingerprint density at radius 3 is 2.68 bits per heavy atom. The Bertz CT molecular complexity index is 734. The molecule has 2 aromatic heterocycles.